The van der Waals surface area contributed by atoms with Crippen molar-refractivity contribution in [1.82, 2.24) is 5.32 Å². The third-order valence-electron chi connectivity index (χ3n) is 3.81. The van der Waals surface area contributed by atoms with Crippen molar-refractivity contribution in [2.45, 2.75) is 6.92 Å². The van der Waals surface area contributed by atoms with Crippen molar-refractivity contribution in [2.24, 2.45) is 0 Å². The minimum atomic E-state index is -0.454. The molecule has 2 aromatic rings. The number of esters is 1. The number of carbonyl (C=O) groups excluding carboxylic acids is 2. The highest BCUT2D eigenvalue weighted by atomic mass is 32.1. The molecule has 1 amide bonds. The van der Waals surface area contributed by atoms with Gasteiger partial charge in [0.15, 0.2) is 16.6 Å². The van der Waals surface area contributed by atoms with Crippen LogP contribution < -0.4 is 24.8 Å². The Labute approximate surface area is 174 Å². The number of rotatable bonds is 7. The maximum Gasteiger partial charge on any atom is 0.338 e. The first-order valence-electron chi connectivity index (χ1n) is 8.63. The van der Waals surface area contributed by atoms with Gasteiger partial charge >= 0.3 is 5.97 Å². The lowest BCUT2D eigenvalue weighted by Gasteiger charge is -2.14. The third kappa shape index (κ3) is 5.58. The Balaban J connectivity index is 2.07. The van der Waals surface area contributed by atoms with Crippen LogP contribution in [-0.4, -0.2) is 44.9 Å². The first-order chi connectivity index (χ1) is 13.9. The van der Waals surface area contributed by atoms with Gasteiger partial charge in [-0.25, -0.2) is 4.79 Å². The van der Waals surface area contributed by atoms with E-state index in [4.69, 9.17) is 31.2 Å². The number of ether oxygens (including phenoxy) is 4. The van der Waals surface area contributed by atoms with Gasteiger partial charge in [0.05, 0.1) is 33.5 Å². The van der Waals surface area contributed by atoms with Crippen molar-refractivity contribution in [1.29, 1.82) is 0 Å². The first-order valence-corrected chi connectivity index (χ1v) is 9.03. The van der Waals surface area contributed by atoms with Crippen molar-refractivity contribution in [3.8, 4) is 17.2 Å². The molecule has 0 saturated heterocycles. The number of nitrogens with one attached hydrogen (secondary N) is 2. The molecule has 0 bridgehead atoms. The number of hydrogen-bond acceptors (Lipinski definition) is 7. The molecule has 0 radical (unpaired) electrons. The van der Waals surface area contributed by atoms with Crippen LogP contribution >= 0.6 is 12.2 Å². The summed E-state index contributed by atoms with van der Waals surface area (Å²) in [5.74, 6) is 0.229. The lowest BCUT2D eigenvalue weighted by molar-refractivity contribution is 0.0526. The molecule has 2 aromatic carbocycles. The van der Waals surface area contributed by atoms with Crippen LogP contribution in [0.15, 0.2) is 36.4 Å². The van der Waals surface area contributed by atoms with Gasteiger partial charge in [0.25, 0.3) is 5.91 Å². The summed E-state index contributed by atoms with van der Waals surface area (Å²) < 4.78 is 20.7. The molecule has 29 heavy (non-hydrogen) atoms. The minimum absolute atomic E-state index is 0.0904. The largest absolute Gasteiger partial charge is 0.493 e. The second kappa shape index (κ2) is 10.3. The Morgan fingerprint density at radius 1 is 0.931 bits per heavy atom. The molecule has 0 spiro atoms. The standard InChI is InChI=1S/C20H22N2O6S/c1-5-28-19(24)12-6-8-14(9-7-12)21-20(29)22-18(23)13-10-15(25-2)17(27-4)16(11-13)26-3/h6-11H,5H2,1-4H3,(H2,21,22,23,29). The maximum absolute atomic E-state index is 12.5. The predicted molar refractivity (Wildman–Crippen MR) is 112 cm³/mol. The molecule has 8 nitrogen and oxygen atoms in total. The Kier molecular flexibility index (Phi) is 7.79. The zero-order valence-electron chi connectivity index (χ0n) is 16.5. The molecule has 0 heterocycles. The van der Waals surface area contributed by atoms with E-state index >= 15 is 0 Å². The van der Waals surface area contributed by atoms with E-state index in [2.05, 4.69) is 10.6 Å². The summed E-state index contributed by atoms with van der Waals surface area (Å²) in [5, 5.41) is 5.55. The number of anilines is 1. The van der Waals surface area contributed by atoms with Crippen molar-refractivity contribution in [3.05, 3.63) is 47.5 Å². The van der Waals surface area contributed by atoms with E-state index in [0.717, 1.165) is 0 Å². The summed E-state index contributed by atoms with van der Waals surface area (Å²) in [5.41, 5.74) is 1.30. The van der Waals surface area contributed by atoms with Crippen LogP contribution in [0.4, 0.5) is 5.69 Å². The fraction of sp³-hybridized carbons (Fsp3) is 0.250. The number of carbonyl (C=O) groups is 2. The van der Waals surface area contributed by atoms with E-state index in [1.165, 1.54) is 33.5 Å². The Bertz CT molecular complexity index is 873. The highest BCUT2D eigenvalue weighted by Crippen LogP contribution is 2.38. The van der Waals surface area contributed by atoms with Gasteiger partial charge in [-0.05, 0) is 55.5 Å². The number of amides is 1. The van der Waals surface area contributed by atoms with E-state index in [-0.39, 0.29) is 10.7 Å². The highest BCUT2D eigenvalue weighted by Gasteiger charge is 2.17. The number of hydrogen-bond donors (Lipinski definition) is 2. The van der Waals surface area contributed by atoms with Crippen LogP contribution in [0.5, 0.6) is 17.2 Å². The van der Waals surface area contributed by atoms with Crippen LogP contribution in [0.1, 0.15) is 27.6 Å². The number of benzene rings is 2. The van der Waals surface area contributed by atoms with Gasteiger partial charge in [-0.3, -0.25) is 10.1 Å². The fourth-order valence-corrected chi connectivity index (χ4v) is 2.66. The molecule has 0 saturated carbocycles. The predicted octanol–water partition coefficient (Wildman–Crippen LogP) is 3.02. The molecule has 0 fully saturated rings. The van der Waals surface area contributed by atoms with E-state index in [0.29, 0.717) is 35.1 Å². The van der Waals surface area contributed by atoms with E-state index in [1.54, 1.807) is 31.2 Å². The average molecular weight is 418 g/mol. The molecular weight excluding hydrogens is 396 g/mol. The van der Waals surface area contributed by atoms with Crippen LogP contribution in [0, 0.1) is 0 Å². The highest BCUT2D eigenvalue weighted by molar-refractivity contribution is 7.80. The van der Waals surface area contributed by atoms with Gasteiger partial charge in [0, 0.05) is 11.3 Å². The second-order valence-electron chi connectivity index (χ2n) is 5.62. The molecule has 2 N–H and O–H groups in total. The first kappa shape index (κ1) is 22.0. The summed E-state index contributed by atoms with van der Waals surface area (Å²) in [6.45, 7) is 2.04. The van der Waals surface area contributed by atoms with Crippen LogP contribution in [0.25, 0.3) is 0 Å². The molecule has 154 valence electrons. The summed E-state index contributed by atoms with van der Waals surface area (Å²) >= 11 is 5.19. The third-order valence-corrected chi connectivity index (χ3v) is 4.01. The van der Waals surface area contributed by atoms with Gasteiger partial charge < -0.3 is 24.3 Å². The Morgan fingerprint density at radius 3 is 2.00 bits per heavy atom. The number of thiocarbonyl (C=S) groups is 1. The van der Waals surface area contributed by atoms with Gasteiger partial charge in [-0.15, -0.1) is 0 Å². The summed E-state index contributed by atoms with van der Waals surface area (Å²) in [7, 11) is 4.41. The monoisotopic (exact) mass is 418 g/mol. The Morgan fingerprint density at radius 2 is 1.52 bits per heavy atom. The molecule has 2 rings (SSSR count). The quantitative estimate of drug-likeness (QED) is 0.523. The van der Waals surface area contributed by atoms with Crippen molar-refractivity contribution in [2.75, 3.05) is 33.3 Å². The molecule has 0 aromatic heterocycles. The summed E-state index contributed by atoms with van der Waals surface area (Å²) in [6.07, 6.45) is 0. The topological polar surface area (TPSA) is 95.1 Å². The fourth-order valence-electron chi connectivity index (χ4n) is 2.45. The van der Waals surface area contributed by atoms with Gasteiger partial charge in [-0.1, -0.05) is 0 Å². The van der Waals surface area contributed by atoms with Crippen molar-refractivity contribution < 1.29 is 28.5 Å². The van der Waals surface area contributed by atoms with E-state index in [1.807, 2.05) is 0 Å². The summed E-state index contributed by atoms with van der Waals surface area (Å²) in [4.78, 5) is 24.2. The minimum Gasteiger partial charge on any atom is -0.493 e. The lowest BCUT2D eigenvalue weighted by atomic mass is 10.1. The lowest BCUT2D eigenvalue weighted by Crippen LogP contribution is -2.34. The van der Waals surface area contributed by atoms with E-state index in [9.17, 15) is 9.59 Å². The zero-order chi connectivity index (χ0) is 21.4. The van der Waals surface area contributed by atoms with Gasteiger partial charge in [0.1, 0.15) is 0 Å². The van der Waals surface area contributed by atoms with Gasteiger partial charge in [0.2, 0.25) is 5.75 Å². The van der Waals surface area contributed by atoms with E-state index < -0.39 is 11.9 Å². The second-order valence-corrected chi connectivity index (χ2v) is 6.03. The maximum atomic E-state index is 12.5. The Hall–Kier alpha value is -3.33. The molecule has 0 unspecified atom stereocenters. The zero-order valence-corrected chi connectivity index (χ0v) is 17.3. The smallest absolute Gasteiger partial charge is 0.338 e. The normalized spacial score (nSPS) is 9.93. The van der Waals surface area contributed by atoms with Crippen LogP contribution in [0.3, 0.4) is 0 Å². The van der Waals surface area contributed by atoms with Crippen molar-refractivity contribution >= 4 is 34.9 Å². The average Bonchev–Trinajstić information content (AvgIpc) is 2.73. The number of methoxy groups -OCH3 is 3. The summed E-state index contributed by atoms with van der Waals surface area (Å²) in [6, 6.07) is 9.56. The molecular formula is C20H22N2O6S. The molecule has 0 aliphatic carbocycles. The molecule has 0 atom stereocenters. The molecule has 0 aliphatic heterocycles. The molecule has 0 aliphatic rings. The molecule has 9 heteroatoms. The van der Waals surface area contributed by atoms with Gasteiger partial charge in [-0.2, -0.15) is 0 Å². The van der Waals surface area contributed by atoms with Crippen LogP contribution in [-0.2, 0) is 4.74 Å². The van der Waals surface area contributed by atoms with Crippen LogP contribution in [0.2, 0.25) is 0 Å². The van der Waals surface area contributed by atoms with Crippen molar-refractivity contribution in [3.63, 3.8) is 0 Å². The SMILES string of the molecule is CCOC(=O)c1ccc(NC(=S)NC(=O)c2cc(OC)c(OC)c(OC)c2)cc1.